The van der Waals surface area contributed by atoms with Crippen LogP contribution in [0.15, 0.2) is 24.3 Å². The first-order chi connectivity index (χ1) is 11.1. The molecule has 0 spiro atoms. The van der Waals surface area contributed by atoms with Gasteiger partial charge in [-0.1, -0.05) is 6.07 Å². The van der Waals surface area contributed by atoms with Gasteiger partial charge in [0.1, 0.15) is 11.9 Å². The molecule has 2 N–H and O–H groups in total. The largest absolute Gasteiger partial charge is 0.493 e. The minimum Gasteiger partial charge on any atom is -0.493 e. The maximum Gasteiger partial charge on any atom is 0.171 e. The number of hydrogen-bond acceptors (Lipinski definition) is 5. The Morgan fingerprint density at radius 2 is 1.96 bits per heavy atom. The van der Waals surface area contributed by atoms with Crippen LogP contribution in [0.25, 0.3) is 11.3 Å². The number of likely N-dealkylation sites (tertiary alicyclic amines) is 1. The van der Waals surface area contributed by atoms with Gasteiger partial charge in [-0.3, -0.25) is 4.68 Å². The lowest BCUT2D eigenvalue weighted by molar-refractivity contribution is 0.111. The Bertz CT molecular complexity index is 656. The molecule has 0 amide bonds. The molecule has 2 aromatic rings. The predicted molar refractivity (Wildman–Crippen MR) is 90.8 cm³/mol. The number of nitrogens with two attached hydrogens (primary N) is 1. The fourth-order valence-electron chi connectivity index (χ4n) is 2.88. The summed E-state index contributed by atoms with van der Waals surface area (Å²) in [5.74, 6) is 2.10. The molecule has 0 saturated carbocycles. The molecule has 0 radical (unpaired) electrons. The smallest absolute Gasteiger partial charge is 0.171 e. The summed E-state index contributed by atoms with van der Waals surface area (Å²) in [4.78, 5) is 2.32. The van der Waals surface area contributed by atoms with Crippen molar-refractivity contribution in [3.05, 3.63) is 24.3 Å². The Morgan fingerprint density at radius 3 is 2.57 bits per heavy atom. The molecule has 0 aliphatic carbocycles. The van der Waals surface area contributed by atoms with Gasteiger partial charge in [0.25, 0.3) is 0 Å². The van der Waals surface area contributed by atoms with E-state index in [2.05, 4.69) is 17.0 Å². The number of ether oxygens (including phenoxy) is 2. The van der Waals surface area contributed by atoms with Crippen LogP contribution in [-0.2, 0) is 7.05 Å². The average Bonchev–Trinajstić information content (AvgIpc) is 2.89. The van der Waals surface area contributed by atoms with Crippen molar-refractivity contribution < 1.29 is 9.47 Å². The minimum atomic E-state index is 0.197. The monoisotopic (exact) mass is 316 g/mol. The second-order valence-electron chi connectivity index (χ2n) is 6.04. The number of nitrogens with zero attached hydrogens (tertiary/aromatic N) is 3. The number of hydrogen-bond donors (Lipinski definition) is 1. The van der Waals surface area contributed by atoms with Gasteiger partial charge in [0, 0.05) is 31.8 Å². The van der Waals surface area contributed by atoms with E-state index in [-0.39, 0.29) is 6.10 Å². The van der Waals surface area contributed by atoms with Crippen LogP contribution in [0.1, 0.15) is 12.8 Å². The zero-order chi connectivity index (χ0) is 16.4. The Kier molecular flexibility index (Phi) is 4.43. The zero-order valence-corrected chi connectivity index (χ0v) is 14.0. The number of aromatic nitrogens is 2. The standard InChI is InChI=1S/C17H24N4O2/c1-20-9-7-12(8-10-20)23-17-13(5-4-6-15(17)22-3)14-11-16(18)21(2)19-14/h4-6,11-12H,7-10,18H2,1-3H3. The van der Waals surface area contributed by atoms with Crippen LogP contribution in [0.4, 0.5) is 5.82 Å². The van der Waals surface area contributed by atoms with E-state index in [0.29, 0.717) is 5.82 Å². The molecular weight excluding hydrogens is 292 g/mol. The Labute approximate surface area is 136 Å². The lowest BCUT2D eigenvalue weighted by Crippen LogP contribution is -2.35. The summed E-state index contributed by atoms with van der Waals surface area (Å²) in [5, 5.41) is 4.47. The van der Waals surface area contributed by atoms with Gasteiger partial charge < -0.3 is 20.1 Å². The number of rotatable bonds is 4. The molecule has 1 aliphatic heterocycles. The lowest BCUT2D eigenvalue weighted by Gasteiger charge is -2.30. The van der Waals surface area contributed by atoms with Gasteiger partial charge in [0.2, 0.25) is 0 Å². The number of anilines is 1. The van der Waals surface area contributed by atoms with E-state index in [9.17, 15) is 0 Å². The Morgan fingerprint density at radius 1 is 1.22 bits per heavy atom. The maximum absolute atomic E-state index is 6.32. The number of benzene rings is 1. The summed E-state index contributed by atoms with van der Waals surface area (Å²) in [6.07, 6.45) is 2.22. The summed E-state index contributed by atoms with van der Waals surface area (Å²) in [7, 11) is 5.63. The van der Waals surface area contributed by atoms with Gasteiger partial charge in [0.05, 0.1) is 12.8 Å². The second-order valence-corrected chi connectivity index (χ2v) is 6.04. The fraction of sp³-hybridized carbons (Fsp3) is 0.471. The molecule has 3 rings (SSSR count). The molecular formula is C17H24N4O2. The highest BCUT2D eigenvalue weighted by Crippen LogP contribution is 2.39. The van der Waals surface area contributed by atoms with Gasteiger partial charge in [-0.25, -0.2) is 0 Å². The number of piperidine rings is 1. The molecule has 0 bridgehead atoms. The fourth-order valence-corrected chi connectivity index (χ4v) is 2.88. The van der Waals surface area contributed by atoms with Crippen molar-refractivity contribution in [3.63, 3.8) is 0 Å². The van der Waals surface area contributed by atoms with Crippen LogP contribution in [0.2, 0.25) is 0 Å². The van der Waals surface area contributed by atoms with E-state index in [1.807, 2.05) is 31.3 Å². The molecule has 124 valence electrons. The van der Waals surface area contributed by atoms with Crippen molar-refractivity contribution in [3.8, 4) is 22.8 Å². The van der Waals surface area contributed by atoms with Gasteiger partial charge in [-0.15, -0.1) is 0 Å². The van der Waals surface area contributed by atoms with E-state index in [0.717, 1.165) is 48.7 Å². The molecule has 2 heterocycles. The highest BCUT2D eigenvalue weighted by atomic mass is 16.5. The van der Waals surface area contributed by atoms with E-state index in [4.69, 9.17) is 15.2 Å². The first-order valence-corrected chi connectivity index (χ1v) is 7.90. The number of aryl methyl sites for hydroxylation is 1. The van der Waals surface area contributed by atoms with Crippen molar-refractivity contribution in [2.75, 3.05) is 33.0 Å². The zero-order valence-electron chi connectivity index (χ0n) is 14.0. The highest BCUT2D eigenvalue weighted by Gasteiger charge is 2.22. The van der Waals surface area contributed by atoms with Crippen LogP contribution >= 0.6 is 0 Å². The number of methoxy groups -OCH3 is 1. The third-order valence-corrected chi connectivity index (χ3v) is 4.34. The minimum absolute atomic E-state index is 0.197. The van der Waals surface area contributed by atoms with Crippen molar-refractivity contribution in [2.45, 2.75) is 18.9 Å². The normalized spacial score (nSPS) is 16.5. The maximum atomic E-state index is 6.32. The molecule has 6 heteroatoms. The number of nitrogen functional groups attached to an aromatic ring is 1. The second kappa shape index (κ2) is 6.50. The van der Waals surface area contributed by atoms with Crippen LogP contribution in [0.5, 0.6) is 11.5 Å². The van der Waals surface area contributed by atoms with Crippen molar-refractivity contribution >= 4 is 5.82 Å². The van der Waals surface area contributed by atoms with E-state index in [1.54, 1.807) is 11.8 Å². The van der Waals surface area contributed by atoms with Crippen LogP contribution in [0.3, 0.4) is 0 Å². The van der Waals surface area contributed by atoms with Crippen LogP contribution in [-0.4, -0.2) is 48.0 Å². The Hall–Kier alpha value is -2.21. The summed E-state index contributed by atoms with van der Waals surface area (Å²) in [6, 6.07) is 7.71. The van der Waals surface area contributed by atoms with Gasteiger partial charge >= 0.3 is 0 Å². The molecule has 6 nitrogen and oxygen atoms in total. The third-order valence-electron chi connectivity index (χ3n) is 4.34. The first kappa shape index (κ1) is 15.7. The SMILES string of the molecule is COc1cccc(-c2cc(N)n(C)n2)c1OC1CCN(C)CC1. The summed E-state index contributed by atoms with van der Waals surface area (Å²) >= 11 is 0. The quantitative estimate of drug-likeness (QED) is 0.936. The van der Waals surface area contributed by atoms with Gasteiger partial charge in [-0.05, 0) is 32.0 Å². The molecule has 1 aromatic carbocycles. The van der Waals surface area contributed by atoms with Crippen LogP contribution in [0, 0.1) is 0 Å². The van der Waals surface area contributed by atoms with E-state index in [1.165, 1.54) is 0 Å². The Balaban J connectivity index is 1.93. The molecule has 1 saturated heterocycles. The molecule has 1 aliphatic rings. The van der Waals surface area contributed by atoms with E-state index < -0.39 is 0 Å². The van der Waals surface area contributed by atoms with E-state index >= 15 is 0 Å². The molecule has 1 aromatic heterocycles. The summed E-state index contributed by atoms with van der Waals surface area (Å²) in [5.41, 5.74) is 7.63. The number of para-hydroxylation sites is 1. The predicted octanol–water partition coefficient (Wildman–Crippen LogP) is 2.15. The topological polar surface area (TPSA) is 65.5 Å². The van der Waals surface area contributed by atoms with Crippen molar-refractivity contribution in [1.29, 1.82) is 0 Å². The molecule has 0 atom stereocenters. The highest BCUT2D eigenvalue weighted by molar-refractivity contribution is 5.72. The molecule has 23 heavy (non-hydrogen) atoms. The van der Waals surface area contributed by atoms with Crippen molar-refractivity contribution in [2.24, 2.45) is 7.05 Å². The molecule has 1 fully saturated rings. The van der Waals surface area contributed by atoms with Gasteiger partial charge in [0.15, 0.2) is 11.5 Å². The lowest BCUT2D eigenvalue weighted by atomic mass is 10.1. The van der Waals surface area contributed by atoms with Gasteiger partial charge in [-0.2, -0.15) is 5.10 Å². The van der Waals surface area contributed by atoms with Crippen LogP contribution < -0.4 is 15.2 Å². The average molecular weight is 316 g/mol. The van der Waals surface area contributed by atoms with Crippen molar-refractivity contribution in [1.82, 2.24) is 14.7 Å². The first-order valence-electron chi connectivity index (χ1n) is 7.90. The summed E-state index contributed by atoms with van der Waals surface area (Å²) < 4.78 is 13.5. The third kappa shape index (κ3) is 3.27. The molecule has 0 unspecified atom stereocenters. The summed E-state index contributed by atoms with van der Waals surface area (Å²) in [6.45, 7) is 2.09.